The quantitative estimate of drug-likeness (QED) is 0.803. The fourth-order valence-corrected chi connectivity index (χ4v) is 3.55. The molecule has 0 amide bonds. The standard InChI is InChI=1S/C15H22N4OS/c1-11-9-21-14-13(11)18-10-19-15(14)17-5-2-8-20-12-3-6-16-7-4-12/h9-10,12,16H,2-8H2,1H3,(H,17,18,19). The predicted octanol–water partition coefficient (Wildman–Crippen LogP) is 2.57. The molecular weight excluding hydrogens is 284 g/mol. The number of anilines is 1. The molecule has 3 rings (SSSR count). The summed E-state index contributed by atoms with van der Waals surface area (Å²) >= 11 is 1.70. The minimum atomic E-state index is 0.442. The number of hydrogen-bond acceptors (Lipinski definition) is 6. The molecule has 1 saturated heterocycles. The van der Waals surface area contributed by atoms with E-state index < -0.39 is 0 Å². The maximum Gasteiger partial charge on any atom is 0.147 e. The van der Waals surface area contributed by atoms with Crippen LogP contribution in [0.2, 0.25) is 0 Å². The third-order valence-corrected chi connectivity index (χ3v) is 4.88. The van der Waals surface area contributed by atoms with Gasteiger partial charge in [0.1, 0.15) is 12.1 Å². The molecule has 1 aliphatic heterocycles. The van der Waals surface area contributed by atoms with E-state index in [-0.39, 0.29) is 0 Å². The Morgan fingerprint density at radius 2 is 2.24 bits per heavy atom. The zero-order chi connectivity index (χ0) is 14.5. The van der Waals surface area contributed by atoms with Crippen molar-refractivity contribution in [2.24, 2.45) is 0 Å². The van der Waals surface area contributed by atoms with Crippen molar-refractivity contribution in [3.8, 4) is 0 Å². The number of aromatic nitrogens is 2. The lowest BCUT2D eigenvalue weighted by atomic mass is 10.1. The summed E-state index contributed by atoms with van der Waals surface area (Å²) in [5, 5.41) is 8.89. The number of ether oxygens (including phenoxy) is 1. The Morgan fingerprint density at radius 3 is 3.10 bits per heavy atom. The molecule has 21 heavy (non-hydrogen) atoms. The molecule has 2 N–H and O–H groups in total. The summed E-state index contributed by atoms with van der Waals surface area (Å²) < 4.78 is 7.05. The van der Waals surface area contributed by atoms with Crippen molar-refractivity contribution in [2.75, 3.05) is 31.6 Å². The molecular formula is C15H22N4OS. The van der Waals surface area contributed by atoms with Gasteiger partial charge in [0.25, 0.3) is 0 Å². The Labute approximate surface area is 129 Å². The number of rotatable bonds is 6. The number of hydrogen-bond donors (Lipinski definition) is 2. The first-order chi connectivity index (χ1) is 10.3. The SMILES string of the molecule is Cc1csc2c(NCCCOC3CCNCC3)ncnc12. The van der Waals surface area contributed by atoms with E-state index >= 15 is 0 Å². The number of fused-ring (bicyclic) bond motifs is 1. The fraction of sp³-hybridized carbons (Fsp3) is 0.600. The van der Waals surface area contributed by atoms with Crippen LogP contribution in [-0.4, -0.2) is 42.3 Å². The summed E-state index contributed by atoms with van der Waals surface area (Å²) in [6.07, 6.45) is 5.34. The maximum absolute atomic E-state index is 5.90. The smallest absolute Gasteiger partial charge is 0.147 e. The zero-order valence-electron chi connectivity index (χ0n) is 12.4. The second kappa shape index (κ2) is 7.15. The van der Waals surface area contributed by atoms with Crippen LogP contribution in [0.4, 0.5) is 5.82 Å². The molecule has 6 heteroatoms. The molecule has 2 aromatic rings. The lowest BCUT2D eigenvalue weighted by Crippen LogP contribution is -2.32. The Balaban J connectivity index is 1.44. The molecule has 2 aromatic heterocycles. The average molecular weight is 306 g/mol. The van der Waals surface area contributed by atoms with E-state index in [0.29, 0.717) is 6.10 Å². The van der Waals surface area contributed by atoms with Gasteiger partial charge in [0.05, 0.1) is 16.3 Å². The Morgan fingerprint density at radius 1 is 1.38 bits per heavy atom. The molecule has 3 heterocycles. The second-order valence-electron chi connectivity index (χ2n) is 5.42. The topological polar surface area (TPSA) is 59.1 Å². The summed E-state index contributed by atoms with van der Waals surface area (Å²) in [5.74, 6) is 0.944. The second-order valence-corrected chi connectivity index (χ2v) is 6.30. The van der Waals surface area contributed by atoms with Gasteiger partial charge < -0.3 is 15.4 Å². The fourth-order valence-electron chi connectivity index (χ4n) is 2.59. The van der Waals surface area contributed by atoms with Crippen LogP contribution in [0.25, 0.3) is 10.2 Å². The molecule has 0 atom stereocenters. The maximum atomic E-state index is 5.90. The molecule has 0 aliphatic carbocycles. The lowest BCUT2D eigenvalue weighted by molar-refractivity contribution is 0.0329. The number of piperidine rings is 1. The third kappa shape index (κ3) is 3.70. The van der Waals surface area contributed by atoms with Gasteiger partial charge in [-0.25, -0.2) is 9.97 Å². The van der Waals surface area contributed by atoms with Gasteiger partial charge in [-0.1, -0.05) is 0 Å². The van der Waals surface area contributed by atoms with Crippen molar-refractivity contribution in [2.45, 2.75) is 32.3 Å². The highest BCUT2D eigenvalue weighted by Crippen LogP contribution is 2.28. The van der Waals surface area contributed by atoms with Crippen LogP contribution in [-0.2, 0) is 4.74 Å². The molecule has 1 aliphatic rings. The normalized spacial score (nSPS) is 16.4. The van der Waals surface area contributed by atoms with Crippen LogP contribution in [0.3, 0.4) is 0 Å². The summed E-state index contributed by atoms with van der Waals surface area (Å²) in [6, 6.07) is 0. The molecule has 0 spiro atoms. The first kappa shape index (κ1) is 14.7. The highest BCUT2D eigenvalue weighted by Gasteiger charge is 2.12. The largest absolute Gasteiger partial charge is 0.378 e. The van der Waals surface area contributed by atoms with Crippen LogP contribution < -0.4 is 10.6 Å². The Hall–Kier alpha value is -1.24. The van der Waals surface area contributed by atoms with Crippen LogP contribution >= 0.6 is 11.3 Å². The van der Waals surface area contributed by atoms with E-state index in [2.05, 4.69) is 32.9 Å². The molecule has 5 nitrogen and oxygen atoms in total. The van der Waals surface area contributed by atoms with Gasteiger partial charge in [-0.15, -0.1) is 11.3 Å². The van der Waals surface area contributed by atoms with Crippen molar-refractivity contribution in [3.05, 3.63) is 17.3 Å². The molecule has 0 aromatic carbocycles. The Bertz CT molecular complexity index is 580. The number of thiophene rings is 1. The van der Waals surface area contributed by atoms with Crippen molar-refractivity contribution < 1.29 is 4.74 Å². The monoisotopic (exact) mass is 306 g/mol. The predicted molar refractivity (Wildman–Crippen MR) is 87.1 cm³/mol. The van der Waals surface area contributed by atoms with Crippen molar-refractivity contribution >= 4 is 27.4 Å². The minimum Gasteiger partial charge on any atom is -0.378 e. The van der Waals surface area contributed by atoms with Gasteiger partial charge in [-0.2, -0.15) is 0 Å². The van der Waals surface area contributed by atoms with Crippen molar-refractivity contribution in [1.29, 1.82) is 0 Å². The first-order valence-electron chi connectivity index (χ1n) is 7.59. The number of nitrogens with one attached hydrogen (secondary N) is 2. The van der Waals surface area contributed by atoms with Gasteiger partial charge in [-0.3, -0.25) is 0 Å². The van der Waals surface area contributed by atoms with Crippen LogP contribution in [0.5, 0.6) is 0 Å². The zero-order valence-corrected chi connectivity index (χ0v) is 13.2. The van der Waals surface area contributed by atoms with Gasteiger partial charge in [0.15, 0.2) is 0 Å². The highest BCUT2D eigenvalue weighted by molar-refractivity contribution is 7.18. The van der Waals surface area contributed by atoms with E-state index in [1.165, 1.54) is 5.56 Å². The van der Waals surface area contributed by atoms with E-state index in [4.69, 9.17) is 4.74 Å². The molecule has 0 unspecified atom stereocenters. The van der Waals surface area contributed by atoms with Crippen LogP contribution in [0.15, 0.2) is 11.7 Å². The summed E-state index contributed by atoms with van der Waals surface area (Å²) in [4.78, 5) is 8.68. The Kier molecular flexibility index (Phi) is 5.00. The van der Waals surface area contributed by atoms with E-state index in [0.717, 1.165) is 61.5 Å². The van der Waals surface area contributed by atoms with E-state index in [9.17, 15) is 0 Å². The average Bonchev–Trinajstić information content (AvgIpc) is 2.90. The lowest BCUT2D eigenvalue weighted by Gasteiger charge is -2.22. The summed E-state index contributed by atoms with van der Waals surface area (Å²) in [6.45, 7) is 5.95. The third-order valence-electron chi connectivity index (χ3n) is 3.78. The van der Waals surface area contributed by atoms with Crippen molar-refractivity contribution in [3.63, 3.8) is 0 Å². The van der Waals surface area contributed by atoms with Gasteiger partial charge in [0, 0.05) is 13.2 Å². The van der Waals surface area contributed by atoms with Gasteiger partial charge in [-0.05, 0) is 50.2 Å². The first-order valence-corrected chi connectivity index (χ1v) is 8.47. The molecule has 0 radical (unpaired) electrons. The van der Waals surface area contributed by atoms with E-state index in [1.807, 2.05) is 0 Å². The summed E-state index contributed by atoms with van der Waals surface area (Å²) in [5.41, 5.74) is 2.28. The van der Waals surface area contributed by atoms with Crippen LogP contribution in [0, 0.1) is 6.92 Å². The van der Waals surface area contributed by atoms with Gasteiger partial charge >= 0.3 is 0 Å². The molecule has 1 fully saturated rings. The molecule has 0 bridgehead atoms. The highest BCUT2D eigenvalue weighted by atomic mass is 32.1. The van der Waals surface area contributed by atoms with Crippen LogP contribution in [0.1, 0.15) is 24.8 Å². The molecule has 114 valence electrons. The van der Waals surface area contributed by atoms with E-state index in [1.54, 1.807) is 17.7 Å². The number of nitrogens with zero attached hydrogens (tertiary/aromatic N) is 2. The number of aryl methyl sites for hydroxylation is 1. The minimum absolute atomic E-state index is 0.442. The summed E-state index contributed by atoms with van der Waals surface area (Å²) in [7, 11) is 0. The molecule has 0 saturated carbocycles. The van der Waals surface area contributed by atoms with Crippen molar-refractivity contribution in [1.82, 2.24) is 15.3 Å². The van der Waals surface area contributed by atoms with Gasteiger partial charge in [0.2, 0.25) is 0 Å².